The first kappa shape index (κ1) is 14.0. The van der Waals surface area contributed by atoms with Gasteiger partial charge in [-0.2, -0.15) is 13.2 Å². The summed E-state index contributed by atoms with van der Waals surface area (Å²) in [5.74, 6) is -0.471. The normalized spacial score (nSPS) is 12.1. The van der Waals surface area contributed by atoms with Crippen molar-refractivity contribution in [2.75, 3.05) is 5.33 Å². The van der Waals surface area contributed by atoms with Crippen molar-refractivity contribution in [3.8, 4) is 0 Å². The van der Waals surface area contributed by atoms with E-state index < -0.39 is 17.7 Å². The Morgan fingerprint density at radius 2 is 2.00 bits per heavy atom. The summed E-state index contributed by atoms with van der Waals surface area (Å²) in [7, 11) is 0. The van der Waals surface area contributed by atoms with Crippen molar-refractivity contribution >= 4 is 21.8 Å². The third-order valence-corrected chi connectivity index (χ3v) is 1.81. The van der Waals surface area contributed by atoms with E-state index >= 15 is 0 Å². The van der Waals surface area contributed by atoms with Crippen molar-refractivity contribution in [3.63, 3.8) is 0 Å². The second-order valence-electron chi connectivity index (χ2n) is 2.51. The molecule has 0 bridgehead atoms. The van der Waals surface area contributed by atoms with Crippen LogP contribution in [0.15, 0.2) is 36.6 Å². The van der Waals surface area contributed by atoms with E-state index in [4.69, 9.17) is 0 Å². The molecule has 84 valence electrons. The molecule has 0 aliphatic rings. The number of carbonyl (C=O) groups is 1. The fraction of sp³-hybridized carbons (Fsp3) is 0.222. The van der Waals surface area contributed by atoms with Crippen LogP contribution in [0.5, 0.6) is 0 Å². The van der Waals surface area contributed by atoms with Crippen LogP contribution >= 0.6 is 15.9 Å². The second kappa shape index (κ2) is 5.75. The van der Waals surface area contributed by atoms with E-state index in [1.165, 1.54) is 0 Å². The maximum absolute atomic E-state index is 12.2. The lowest BCUT2D eigenvalue weighted by Crippen LogP contribution is -2.23. The molecule has 0 fully saturated rings. The maximum atomic E-state index is 12.2. The number of alkyl halides is 4. The summed E-state index contributed by atoms with van der Waals surface area (Å²) in [4.78, 5) is 10.8. The Kier molecular flexibility index (Phi) is 5.35. The molecular weight excluding hydrogens is 275 g/mol. The number of allylic oxidation sites excluding steroid dienone is 3. The SMILES string of the molecule is C=C/C(=C\C(=C)NC(=O)CBr)C(F)(F)F. The van der Waals surface area contributed by atoms with Crippen LogP contribution < -0.4 is 5.32 Å². The van der Waals surface area contributed by atoms with Gasteiger partial charge in [-0.15, -0.1) is 0 Å². The molecule has 0 aromatic heterocycles. The van der Waals surface area contributed by atoms with Crippen LogP contribution in [0.1, 0.15) is 0 Å². The van der Waals surface area contributed by atoms with E-state index in [9.17, 15) is 18.0 Å². The van der Waals surface area contributed by atoms with Gasteiger partial charge < -0.3 is 5.32 Å². The molecule has 0 radical (unpaired) electrons. The summed E-state index contributed by atoms with van der Waals surface area (Å²) in [6.07, 6.45) is -3.12. The predicted octanol–water partition coefficient (Wildman–Crippen LogP) is 2.69. The number of amides is 1. The fourth-order valence-electron chi connectivity index (χ4n) is 0.693. The van der Waals surface area contributed by atoms with Gasteiger partial charge in [0.25, 0.3) is 0 Å². The van der Waals surface area contributed by atoms with Gasteiger partial charge in [0.15, 0.2) is 0 Å². The summed E-state index contributed by atoms with van der Waals surface area (Å²) in [5, 5.41) is 2.16. The van der Waals surface area contributed by atoms with Crippen LogP contribution in [0.2, 0.25) is 0 Å². The molecule has 0 rings (SSSR count). The molecule has 0 atom stereocenters. The third kappa shape index (κ3) is 5.41. The molecule has 0 aliphatic carbocycles. The lowest BCUT2D eigenvalue weighted by atomic mass is 10.2. The molecule has 15 heavy (non-hydrogen) atoms. The number of rotatable bonds is 4. The smallest absolute Gasteiger partial charge is 0.326 e. The van der Waals surface area contributed by atoms with Gasteiger partial charge in [0, 0.05) is 5.70 Å². The van der Waals surface area contributed by atoms with E-state index in [0.29, 0.717) is 12.2 Å². The van der Waals surface area contributed by atoms with Gasteiger partial charge in [-0.05, 0) is 6.08 Å². The van der Waals surface area contributed by atoms with Crippen molar-refractivity contribution in [2.45, 2.75) is 6.18 Å². The minimum atomic E-state index is -4.50. The van der Waals surface area contributed by atoms with Crippen LogP contribution in [0, 0.1) is 0 Å². The monoisotopic (exact) mass is 283 g/mol. The Bertz CT molecular complexity index is 307. The first-order chi connectivity index (χ1) is 6.81. The molecule has 0 heterocycles. The molecule has 0 aliphatic heterocycles. The largest absolute Gasteiger partial charge is 0.416 e. The molecule has 0 aromatic rings. The zero-order chi connectivity index (χ0) is 12.1. The lowest BCUT2D eigenvalue weighted by molar-refractivity contribution is -0.117. The zero-order valence-electron chi connectivity index (χ0n) is 7.70. The maximum Gasteiger partial charge on any atom is 0.416 e. The van der Waals surface area contributed by atoms with Gasteiger partial charge in [0.2, 0.25) is 5.91 Å². The van der Waals surface area contributed by atoms with E-state index in [2.05, 4.69) is 34.4 Å². The first-order valence-corrected chi connectivity index (χ1v) is 4.89. The van der Waals surface area contributed by atoms with Crippen molar-refractivity contribution in [3.05, 3.63) is 36.6 Å². The predicted molar refractivity (Wildman–Crippen MR) is 55.4 cm³/mol. The van der Waals surface area contributed by atoms with Gasteiger partial charge in [-0.25, -0.2) is 0 Å². The minimum Gasteiger partial charge on any atom is -0.326 e. The fourth-order valence-corrected chi connectivity index (χ4v) is 0.833. The van der Waals surface area contributed by atoms with Crippen LogP contribution in [0.3, 0.4) is 0 Å². The second-order valence-corrected chi connectivity index (χ2v) is 3.07. The van der Waals surface area contributed by atoms with Crippen LogP contribution in [0.25, 0.3) is 0 Å². The molecule has 0 unspecified atom stereocenters. The Morgan fingerprint density at radius 3 is 2.33 bits per heavy atom. The summed E-state index contributed by atoms with van der Waals surface area (Å²) in [5.41, 5.74) is -1.09. The van der Waals surface area contributed by atoms with Crippen molar-refractivity contribution in [1.29, 1.82) is 0 Å². The number of nitrogens with one attached hydrogen (secondary N) is 1. The van der Waals surface area contributed by atoms with Crippen molar-refractivity contribution < 1.29 is 18.0 Å². The minimum absolute atomic E-state index is 0.00466. The Morgan fingerprint density at radius 1 is 1.47 bits per heavy atom. The summed E-state index contributed by atoms with van der Waals surface area (Å²) in [6.45, 7) is 6.30. The Hall–Kier alpha value is -1.04. The molecule has 0 aromatic carbocycles. The molecule has 6 heteroatoms. The molecule has 2 nitrogen and oxygen atoms in total. The van der Waals surface area contributed by atoms with Gasteiger partial charge in [-0.1, -0.05) is 35.2 Å². The third-order valence-electron chi connectivity index (χ3n) is 1.30. The van der Waals surface area contributed by atoms with Gasteiger partial charge >= 0.3 is 6.18 Å². The number of hydrogen-bond acceptors (Lipinski definition) is 1. The van der Waals surface area contributed by atoms with E-state index in [0.717, 1.165) is 0 Å². The first-order valence-electron chi connectivity index (χ1n) is 3.77. The quantitative estimate of drug-likeness (QED) is 0.624. The van der Waals surface area contributed by atoms with Crippen LogP contribution in [-0.4, -0.2) is 17.4 Å². The summed E-state index contributed by atoms with van der Waals surface area (Å²) in [6, 6.07) is 0. The highest BCUT2D eigenvalue weighted by molar-refractivity contribution is 9.09. The van der Waals surface area contributed by atoms with E-state index in [-0.39, 0.29) is 11.0 Å². The van der Waals surface area contributed by atoms with Crippen molar-refractivity contribution in [2.24, 2.45) is 0 Å². The number of hydrogen-bond donors (Lipinski definition) is 1. The van der Waals surface area contributed by atoms with E-state index in [1.54, 1.807) is 0 Å². The molecule has 0 spiro atoms. The molecule has 1 amide bonds. The standard InChI is InChI=1S/C9H9BrF3NO/c1-3-7(9(11,12)13)4-6(2)14-8(15)5-10/h3-4H,1-2,5H2,(H,14,15)/b7-4+. The number of halogens is 4. The molecular formula is C9H9BrF3NO. The molecule has 0 saturated heterocycles. The topological polar surface area (TPSA) is 29.1 Å². The van der Waals surface area contributed by atoms with E-state index in [1.807, 2.05) is 0 Å². The van der Waals surface area contributed by atoms with Gasteiger partial charge in [-0.3, -0.25) is 4.79 Å². The number of carbonyl (C=O) groups excluding carboxylic acids is 1. The average Bonchev–Trinajstić information content (AvgIpc) is 2.12. The van der Waals surface area contributed by atoms with Crippen LogP contribution in [0.4, 0.5) is 13.2 Å². The highest BCUT2D eigenvalue weighted by Crippen LogP contribution is 2.26. The molecule has 1 N–H and O–H groups in total. The van der Waals surface area contributed by atoms with Crippen molar-refractivity contribution in [1.82, 2.24) is 5.32 Å². The average molecular weight is 284 g/mol. The zero-order valence-corrected chi connectivity index (χ0v) is 9.28. The highest BCUT2D eigenvalue weighted by Gasteiger charge is 2.31. The summed E-state index contributed by atoms with van der Waals surface area (Å²) < 4.78 is 36.6. The highest BCUT2D eigenvalue weighted by atomic mass is 79.9. The van der Waals surface area contributed by atoms with Gasteiger partial charge in [0.05, 0.1) is 10.9 Å². The molecule has 0 saturated carbocycles. The Balaban J connectivity index is 4.65. The van der Waals surface area contributed by atoms with Gasteiger partial charge in [0.1, 0.15) is 0 Å². The summed E-state index contributed by atoms with van der Waals surface area (Å²) >= 11 is 2.85. The lowest BCUT2D eigenvalue weighted by Gasteiger charge is -2.08. The Labute approximate surface area is 93.7 Å². The van der Waals surface area contributed by atoms with Crippen LogP contribution in [-0.2, 0) is 4.79 Å².